The third-order valence-electron chi connectivity index (χ3n) is 1.72. The van der Waals surface area contributed by atoms with Crippen LogP contribution in [0.1, 0.15) is 34.6 Å². The molecule has 0 aliphatic rings. The molecule has 0 aromatic carbocycles. The second-order valence-electron chi connectivity index (χ2n) is 3.12. The maximum absolute atomic E-state index is 5.40. The molecule has 108 valence electrons. The van der Waals surface area contributed by atoms with E-state index in [9.17, 15) is 0 Å². The Morgan fingerprint density at radius 1 is 0.765 bits per heavy atom. The Morgan fingerprint density at radius 3 is 1.18 bits per heavy atom. The summed E-state index contributed by atoms with van der Waals surface area (Å²) in [4.78, 5) is 0. The molecule has 0 aromatic heterocycles. The number of nitrogens with one attached hydrogen (secondary N) is 1. The summed E-state index contributed by atoms with van der Waals surface area (Å²) >= 11 is 0. The van der Waals surface area contributed by atoms with Gasteiger partial charge in [0.25, 0.3) is 0 Å². The second kappa shape index (κ2) is 16.0. The molecule has 0 fully saturated rings. The molecule has 0 spiro atoms. The first kappa shape index (κ1) is 22.2. The lowest BCUT2D eigenvalue weighted by atomic mass is 10.7. The van der Waals surface area contributed by atoms with E-state index < -0.39 is 8.80 Å². The molecule has 3 N–H and O–H groups in total. The topological polar surface area (TPSA) is 71.2 Å². The first-order chi connectivity index (χ1) is 7.60. The Morgan fingerprint density at radius 2 is 1.06 bits per heavy atom. The Kier molecular flexibility index (Phi) is 20.9. The largest absolute Gasteiger partial charge is 0.497 e. The Bertz CT molecular complexity index is 120. The molecule has 0 aliphatic carbocycles. The normalized spacial score (nSPS) is 10.2. The summed E-state index contributed by atoms with van der Waals surface area (Å²) in [7, 11) is -2.25. The van der Waals surface area contributed by atoms with Crippen LogP contribution >= 0.6 is 0 Å². The van der Waals surface area contributed by atoms with E-state index in [4.69, 9.17) is 13.3 Å². The van der Waals surface area contributed by atoms with Crippen LogP contribution in [0.5, 0.6) is 0 Å². The van der Waals surface area contributed by atoms with Gasteiger partial charge in [0, 0.05) is 26.4 Å². The van der Waals surface area contributed by atoms with Crippen molar-refractivity contribution in [3.8, 4) is 0 Å². The Labute approximate surface area is 108 Å². The monoisotopic (exact) mass is 269 g/mol. The first-order valence-corrected chi connectivity index (χ1v) is 8.45. The zero-order chi connectivity index (χ0) is 12.9. The third-order valence-corrected chi connectivity index (χ3v) is 4.16. The molecule has 0 rings (SSSR count). The van der Waals surface area contributed by atoms with Crippen molar-refractivity contribution in [1.29, 1.82) is 0 Å². The first-order valence-electron chi connectivity index (χ1n) is 6.22. The minimum absolute atomic E-state index is 0. The number of hydrogen-bond acceptors (Lipinski definition) is 4. The van der Waals surface area contributed by atoms with E-state index in [0.29, 0.717) is 19.8 Å². The van der Waals surface area contributed by atoms with E-state index in [2.05, 4.69) is 19.2 Å². The van der Waals surface area contributed by atoms with E-state index in [0.717, 1.165) is 13.1 Å². The van der Waals surface area contributed by atoms with Crippen LogP contribution in [-0.2, 0) is 13.3 Å². The van der Waals surface area contributed by atoms with Gasteiger partial charge < -0.3 is 24.1 Å². The molecule has 6 heteroatoms. The van der Waals surface area contributed by atoms with Crippen LogP contribution < -0.4 is 5.32 Å². The van der Waals surface area contributed by atoms with Crippen LogP contribution in [0.25, 0.3) is 0 Å². The number of rotatable bonds is 8. The summed E-state index contributed by atoms with van der Waals surface area (Å²) < 4.78 is 16.2. The molecule has 0 heterocycles. The van der Waals surface area contributed by atoms with E-state index in [1.807, 2.05) is 27.3 Å². The zero-order valence-corrected chi connectivity index (χ0v) is 13.3. The molecule has 0 aliphatic heterocycles. The lowest BCUT2D eigenvalue weighted by Crippen LogP contribution is -2.42. The fourth-order valence-electron chi connectivity index (χ4n) is 1.16. The van der Waals surface area contributed by atoms with Gasteiger partial charge in [-0.1, -0.05) is 13.8 Å². The van der Waals surface area contributed by atoms with Gasteiger partial charge >= 0.3 is 8.80 Å². The number of hydrogen-bond donors (Lipinski definition) is 1. The van der Waals surface area contributed by atoms with Crippen LogP contribution in [0.15, 0.2) is 0 Å². The van der Waals surface area contributed by atoms with Crippen molar-refractivity contribution < 1.29 is 18.8 Å². The SMILES string of the molecule is CCNCC.CCO[Si](C)(OCC)OCC.O. The van der Waals surface area contributed by atoms with Crippen LogP contribution in [0.3, 0.4) is 0 Å². The Balaban J connectivity index is -0.000000280. The van der Waals surface area contributed by atoms with Crippen LogP contribution in [0.2, 0.25) is 6.55 Å². The Hall–Kier alpha value is 0.0169. The maximum atomic E-state index is 5.40. The van der Waals surface area contributed by atoms with E-state index in [1.54, 1.807) is 0 Å². The minimum Gasteiger partial charge on any atom is -0.412 e. The van der Waals surface area contributed by atoms with Gasteiger partial charge in [-0.2, -0.15) is 0 Å². The smallest absolute Gasteiger partial charge is 0.412 e. The van der Waals surface area contributed by atoms with Crippen molar-refractivity contribution in [3.63, 3.8) is 0 Å². The summed E-state index contributed by atoms with van der Waals surface area (Å²) in [5, 5.41) is 3.11. The average molecular weight is 269 g/mol. The van der Waals surface area contributed by atoms with Crippen LogP contribution in [-0.4, -0.2) is 47.2 Å². The predicted octanol–water partition coefficient (Wildman–Crippen LogP) is 1.46. The highest BCUT2D eigenvalue weighted by atomic mass is 28.4. The summed E-state index contributed by atoms with van der Waals surface area (Å²) in [6, 6.07) is 0. The molecular weight excluding hydrogens is 238 g/mol. The highest BCUT2D eigenvalue weighted by Gasteiger charge is 2.32. The van der Waals surface area contributed by atoms with Crippen molar-refractivity contribution in [2.45, 2.75) is 41.2 Å². The molecule has 0 unspecified atom stereocenters. The molecular formula is C11H31NO4Si. The maximum Gasteiger partial charge on any atom is 0.497 e. The van der Waals surface area contributed by atoms with Gasteiger partial charge in [0.1, 0.15) is 0 Å². The second-order valence-corrected chi connectivity index (χ2v) is 5.71. The van der Waals surface area contributed by atoms with Crippen LogP contribution in [0, 0.1) is 0 Å². The third kappa shape index (κ3) is 16.0. The molecule has 0 atom stereocenters. The molecule has 0 saturated carbocycles. The van der Waals surface area contributed by atoms with Crippen LogP contribution in [0.4, 0.5) is 0 Å². The highest BCUT2D eigenvalue weighted by molar-refractivity contribution is 6.59. The van der Waals surface area contributed by atoms with Gasteiger partial charge in [0.15, 0.2) is 0 Å². The summed E-state index contributed by atoms with van der Waals surface area (Å²) in [6.45, 7) is 16.1. The molecule has 17 heavy (non-hydrogen) atoms. The van der Waals surface area contributed by atoms with Crippen molar-refractivity contribution in [2.75, 3.05) is 32.9 Å². The lowest BCUT2D eigenvalue weighted by Gasteiger charge is -2.23. The van der Waals surface area contributed by atoms with Crippen molar-refractivity contribution in [3.05, 3.63) is 0 Å². The standard InChI is InChI=1S/C7H18O3Si.C4H11N.H2O/c1-5-8-11(4,9-6-2)10-7-3;1-3-5-4-2;/h5-7H2,1-4H3;5H,3-4H2,1-2H3;1H2. The zero-order valence-electron chi connectivity index (χ0n) is 12.3. The molecule has 0 saturated heterocycles. The van der Waals surface area contributed by atoms with Gasteiger partial charge in [0.2, 0.25) is 0 Å². The van der Waals surface area contributed by atoms with Crippen molar-refractivity contribution in [1.82, 2.24) is 5.32 Å². The predicted molar refractivity (Wildman–Crippen MR) is 74.3 cm³/mol. The van der Waals surface area contributed by atoms with Gasteiger partial charge in [-0.25, -0.2) is 0 Å². The molecule has 0 bridgehead atoms. The van der Waals surface area contributed by atoms with Gasteiger partial charge in [-0.3, -0.25) is 0 Å². The van der Waals surface area contributed by atoms with Crippen molar-refractivity contribution >= 4 is 8.80 Å². The van der Waals surface area contributed by atoms with Gasteiger partial charge in [-0.15, -0.1) is 0 Å². The van der Waals surface area contributed by atoms with Gasteiger partial charge in [0.05, 0.1) is 0 Å². The van der Waals surface area contributed by atoms with E-state index >= 15 is 0 Å². The molecule has 0 radical (unpaired) electrons. The lowest BCUT2D eigenvalue weighted by molar-refractivity contribution is 0.0783. The average Bonchev–Trinajstić information content (AvgIpc) is 2.20. The fraction of sp³-hybridized carbons (Fsp3) is 1.00. The van der Waals surface area contributed by atoms with E-state index in [1.165, 1.54) is 0 Å². The van der Waals surface area contributed by atoms with E-state index in [-0.39, 0.29) is 5.48 Å². The summed E-state index contributed by atoms with van der Waals surface area (Å²) in [5.41, 5.74) is 0. The fourth-order valence-corrected chi connectivity index (χ4v) is 2.98. The molecule has 0 amide bonds. The minimum atomic E-state index is -2.25. The molecule has 0 aromatic rings. The summed E-state index contributed by atoms with van der Waals surface area (Å²) in [5.74, 6) is 0. The van der Waals surface area contributed by atoms with Crippen molar-refractivity contribution in [2.24, 2.45) is 0 Å². The quantitative estimate of drug-likeness (QED) is 0.677. The highest BCUT2D eigenvalue weighted by Crippen LogP contribution is 2.08. The van der Waals surface area contributed by atoms with Gasteiger partial charge in [-0.05, 0) is 33.9 Å². The molecule has 5 nitrogen and oxygen atoms in total. The summed E-state index contributed by atoms with van der Waals surface area (Å²) in [6.07, 6.45) is 0.